The Bertz CT molecular complexity index is 218. The highest BCUT2D eigenvalue weighted by atomic mass is 32.1. The van der Waals surface area contributed by atoms with Crippen LogP contribution < -0.4 is 4.90 Å². The molecule has 1 aromatic heterocycles. The van der Waals surface area contributed by atoms with Crippen molar-refractivity contribution in [1.82, 2.24) is 4.98 Å². The van der Waals surface area contributed by atoms with Crippen molar-refractivity contribution >= 4 is 16.5 Å². The van der Waals surface area contributed by atoms with E-state index in [1.54, 1.807) is 18.4 Å². The van der Waals surface area contributed by atoms with E-state index >= 15 is 0 Å². The van der Waals surface area contributed by atoms with Crippen molar-refractivity contribution < 1.29 is 4.74 Å². The van der Waals surface area contributed by atoms with Crippen LogP contribution in [0.5, 0.6) is 0 Å². The summed E-state index contributed by atoms with van der Waals surface area (Å²) < 4.78 is 5.15. The first-order valence-corrected chi connectivity index (χ1v) is 4.45. The molecule has 3 nitrogen and oxygen atoms in total. The molecule has 0 spiro atoms. The highest BCUT2D eigenvalue weighted by Gasteiger charge is 2.27. The predicted molar refractivity (Wildman–Crippen MR) is 45.1 cm³/mol. The van der Waals surface area contributed by atoms with E-state index in [0.717, 1.165) is 18.2 Å². The number of thiazole rings is 1. The molecule has 1 fully saturated rings. The average molecular weight is 170 g/mol. The second-order valence-corrected chi connectivity index (χ2v) is 3.45. The summed E-state index contributed by atoms with van der Waals surface area (Å²) in [5, 5.41) is 3.11. The standard InChI is InChI=1S/C7H10N2OS/c1-10-6-4-9(5-6)7-8-2-3-11-7/h2-3,6H,4-5H2,1H3. The van der Waals surface area contributed by atoms with Crippen LogP contribution in [0.2, 0.25) is 0 Å². The minimum Gasteiger partial charge on any atom is -0.378 e. The summed E-state index contributed by atoms with van der Waals surface area (Å²) in [6, 6.07) is 0. The van der Waals surface area contributed by atoms with Crippen LogP contribution in [0.3, 0.4) is 0 Å². The largest absolute Gasteiger partial charge is 0.378 e. The first kappa shape index (κ1) is 7.06. The van der Waals surface area contributed by atoms with Gasteiger partial charge in [-0.1, -0.05) is 0 Å². The molecule has 0 saturated carbocycles. The number of methoxy groups -OCH3 is 1. The first-order chi connectivity index (χ1) is 5.40. The molecule has 2 heterocycles. The molecule has 0 amide bonds. The van der Waals surface area contributed by atoms with Crippen LogP contribution in [-0.2, 0) is 4.74 Å². The first-order valence-electron chi connectivity index (χ1n) is 3.57. The summed E-state index contributed by atoms with van der Waals surface area (Å²) in [6.07, 6.45) is 2.25. The molecule has 11 heavy (non-hydrogen) atoms. The van der Waals surface area contributed by atoms with Gasteiger partial charge >= 0.3 is 0 Å². The number of rotatable bonds is 2. The number of anilines is 1. The van der Waals surface area contributed by atoms with Gasteiger partial charge in [0.05, 0.1) is 6.10 Å². The van der Waals surface area contributed by atoms with Crippen molar-refractivity contribution in [2.75, 3.05) is 25.1 Å². The number of hydrogen-bond donors (Lipinski definition) is 0. The Balaban J connectivity index is 1.92. The van der Waals surface area contributed by atoms with Crippen molar-refractivity contribution in [2.45, 2.75) is 6.10 Å². The fourth-order valence-electron chi connectivity index (χ4n) is 1.12. The van der Waals surface area contributed by atoms with Crippen molar-refractivity contribution in [3.63, 3.8) is 0 Å². The van der Waals surface area contributed by atoms with E-state index in [1.165, 1.54) is 0 Å². The lowest BCUT2D eigenvalue weighted by Crippen LogP contribution is -2.51. The fraction of sp³-hybridized carbons (Fsp3) is 0.571. The molecule has 1 aromatic rings. The van der Waals surface area contributed by atoms with Gasteiger partial charge in [0.1, 0.15) is 0 Å². The molecule has 0 radical (unpaired) electrons. The van der Waals surface area contributed by atoms with Crippen LogP contribution in [0.25, 0.3) is 0 Å². The molecule has 1 aliphatic rings. The van der Waals surface area contributed by atoms with Gasteiger partial charge in [-0.3, -0.25) is 0 Å². The molecule has 0 N–H and O–H groups in total. The molecule has 1 saturated heterocycles. The van der Waals surface area contributed by atoms with E-state index < -0.39 is 0 Å². The Morgan fingerprint density at radius 1 is 1.73 bits per heavy atom. The molecule has 4 heteroatoms. The average Bonchev–Trinajstić information content (AvgIpc) is 2.37. The van der Waals surface area contributed by atoms with Gasteiger partial charge in [0.2, 0.25) is 0 Å². The number of nitrogens with zero attached hydrogens (tertiary/aromatic N) is 2. The zero-order chi connectivity index (χ0) is 7.68. The SMILES string of the molecule is COC1CN(c2nccs2)C1. The zero-order valence-corrected chi connectivity index (χ0v) is 7.17. The van der Waals surface area contributed by atoms with E-state index in [-0.39, 0.29) is 0 Å². The summed E-state index contributed by atoms with van der Waals surface area (Å²) in [5.74, 6) is 0. The van der Waals surface area contributed by atoms with Gasteiger partial charge in [-0.05, 0) is 0 Å². The van der Waals surface area contributed by atoms with Crippen molar-refractivity contribution in [3.05, 3.63) is 11.6 Å². The van der Waals surface area contributed by atoms with Gasteiger partial charge < -0.3 is 9.64 Å². The van der Waals surface area contributed by atoms with Crippen molar-refractivity contribution in [3.8, 4) is 0 Å². The lowest BCUT2D eigenvalue weighted by molar-refractivity contribution is 0.0787. The Kier molecular flexibility index (Phi) is 1.79. The molecule has 0 unspecified atom stereocenters. The second kappa shape index (κ2) is 2.79. The van der Waals surface area contributed by atoms with Crippen LogP contribution in [0.15, 0.2) is 11.6 Å². The Labute approximate surface area is 69.6 Å². The molecular weight excluding hydrogens is 160 g/mol. The van der Waals surface area contributed by atoms with Gasteiger partial charge in [0.15, 0.2) is 5.13 Å². The van der Waals surface area contributed by atoms with E-state index in [1.807, 2.05) is 11.6 Å². The molecule has 0 atom stereocenters. The van der Waals surface area contributed by atoms with Crippen LogP contribution in [0.4, 0.5) is 5.13 Å². The predicted octanol–water partition coefficient (Wildman–Crippen LogP) is 0.978. The molecule has 0 aromatic carbocycles. The lowest BCUT2D eigenvalue weighted by Gasteiger charge is -2.37. The highest BCUT2D eigenvalue weighted by Crippen LogP contribution is 2.23. The quantitative estimate of drug-likeness (QED) is 0.661. The maximum atomic E-state index is 5.15. The van der Waals surface area contributed by atoms with Crippen molar-refractivity contribution in [2.24, 2.45) is 0 Å². The van der Waals surface area contributed by atoms with Gasteiger partial charge in [0, 0.05) is 31.8 Å². The zero-order valence-electron chi connectivity index (χ0n) is 6.36. The third-order valence-corrected chi connectivity index (χ3v) is 2.70. The minimum absolute atomic E-state index is 0.416. The summed E-state index contributed by atoms with van der Waals surface area (Å²) in [5.41, 5.74) is 0. The topological polar surface area (TPSA) is 25.4 Å². The third kappa shape index (κ3) is 1.23. The maximum absolute atomic E-state index is 5.15. The molecule has 2 rings (SSSR count). The number of ether oxygens (including phenoxy) is 1. The van der Waals surface area contributed by atoms with Gasteiger partial charge in [-0.2, -0.15) is 0 Å². The van der Waals surface area contributed by atoms with E-state index in [0.29, 0.717) is 6.10 Å². The minimum atomic E-state index is 0.416. The van der Waals surface area contributed by atoms with Crippen molar-refractivity contribution in [1.29, 1.82) is 0 Å². The molecule has 0 bridgehead atoms. The van der Waals surface area contributed by atoms with Gasteiger partial charge in [0.25, 0.3) is 0 Å². The number of hydrogen-bond acceptors (Lipinski definition) is 4. The Hall–Kier alpha value is -0.610. The Morgan fingerprint density at radius 2 is 2.55 bits per heavy atom. The molecular formula is C7H10N2OS. The lowest BCUT2D eigenvalue weighted by atomic mass is 10.2. The van der Waals surface area contributed by atoms with Crippen LogP contribution in [-0.4, -0.2) is 31.3 Å². The smallest absolute Gasteiger partial charge is 0.185 e. The second-order valence-electron chi connectivity index (χ2n) is 2.58. The van der Waals surface area contributed by atoms with E-state index in [9.17, 15) is 0 Å². The Morgan fingerprint density at radius 3 is 3.09 bits per heavy atom. The highest BCUT2D eigenvalue weighted by molar-refractivity contribution is 7.13. The molecule has 60 valence electrons. The summed E-state index contributed by atoms with van der Waals surface area (Å²) in [6.45, 7) is 1.98. The summed E-state index contributed by atoms with van der Waals surface area (Å²) in [4.78, 5) is 6.42. The number of aromatic nitrogens is 1. The maximum Gasteiger partial charge on any atom is 0.185 e. The molecule has 1 aliphatic heterocycles. The fourth-order valence-corrected chi connectivity index (χ4v) is 1.78. The normalized spacial score (nSPS) is 18.5. The van der Waals surface area contributed by atoms with Gasteiger partial charge in [-0.15, -0.1) is 11.3 Å². The van der Waals surface area contributed by atoms with Crippen LogP contribution in [0, 0.1) is 0 Å². The monoisotopic (exact) mass is 170 g/mol. The van der Waals surface area contributed by atoms with Gasteiger partial charge in [-0.25, -0.2) is 4.98 Å². The van der Waals surface area contributed by atoms with E-state index in [4.69, 9.17) is 4.74 Å². The summed E-state index contributed by atoms with van der Waals surface area (Å²) >= 11 is 1.68. The van der Waals surface area contributed by atoms with Crippen LogP contribution in [0.1, 0.15) is 0 Å². The molecule has 0 aliphatic carbocycles. The van der Waals surface area contributed by atoms with Crippen LogP contribution >= 0.6 is 11.3 Å². The third-order valence-electron chi connectivity index (χ3n) is 1.87. The van der Waals surface area contributed by atoms with E-state index in [2.05, 4.69) is 9.88 Å². The summed E-state index contributed by atoms with van der Waals surface area (Å²) in [7, 11) is 1.75.